The number of hydrogen-bond acceptors (Lipinski definition) is 3. The molecule has 0 radical (unpaired) electrons. The molecule has 0 aliphatic carbocycles. The molecule has 2 rings (SSSR count). The Bertz CT molecular complexity index is 734. The quantitative estimate of drug-likeness (QED) is 0.640. The molecule has 0 unspecified atom stereocenters. The second-order valence-corrected chi connectivity index (χ2v) is 3.95. The normalized spacial score (nSPS) is 11.8. The van der Waals surface area contributed by atoms with Crippen LogP contribution in [0.25, 0.3) is 10.9 Å². The number of fused-ring (bicyclic) bond motifs is 1. The fourth-order valence-corrected chi connectivity index (χ4v) is 1.79. The van der Waals surface area contributed by atoms with E-state index in [9.17, 15) is 28.1 Å². The number of nitro benzene ring substituents is 1. The minimum Gasteiger partial charge on any atom is -0.350 e. The number of H-pyrrole nitrogens is 1. The summed E-state index contributed by atoms with van der Waals surface area (Å²) in [5.41, 5.74) is -2.63. The number of pyridine rings is 1. The Morgan fingerprint density at radius 3 is 2.47 bits per heavy atom. The molecule has 0 saturated heterocycles. The largest absolute Gasteiger partial charge is 0.431 e. The summed E-state index contributed by atoms with van der Waals surface area (Å²) in [6.45, 7) is 1.46. The molecule has 19 heavy (non-hydrogen) atoms. The summed E-state index contributed by atoms with van der Waals surface area (Å²) < 4.78 is 37.7. The summed E-state index contributed by atoms with van der Waals surface area (Å²) in [5, 5.41) is 10.4. The third-order valence-corrected chi connectivity index (χ3v) is 2.68. The van der Waals surface area contributed by atoms with Crippen molar-refractivity contribution in [1.29, 1.82) is 0 Å². The number of rotatable bonds is 1. The molecule has 1 N–H and O–H groups in total. The Hall–Kier alpha value is -2.38. The van der Waals surface area contributed by atoms with E-state index in [1.165, 1.54) is 13.0 Å². The first-order valence-corrected chi connectivity index (χ1v) is 5.10. The van der Waals surface area contributed by atoms with E-state index in [2.05, 4.69) is 0 Å². The SMILES string of the molecule is Cc1ccc([N+](=O)[O-])c2c(=O)cc(C(F)(F)F)[nH]c12. The van der Waals surface area contributed by atoms with E-state index in [0.717, 1.165) is 6.07 Å². The Morgan fingerprint density at radius 1 is 1.32 bits per heavy atom. The highest BCUT2D eigenvalue weighted by Crippen LogP contribution is 2.30. The topological polar surface area (TPSA) is 76.0 Å². The van der Waals surface area contributed by atoms with E-state index in [1.54, 1.807) is 0 Å². The number of non-ortho nitro benzene ring substituents is 1. The molecule has 0 aliphatic heterocycles. The van der Waals surface area contributed by atoms with E-state index < -0.39 is 27.9 Å². The predicted molar refractivity (Wildman–Crippen MR) is 61.0 cm³/mol. The van der Waals surface area contributed by atoms with Gasteiger partial charge in [0.25, 0.3) is 5.69 Å². The molecule has 8 heteroatoms. The zero-order valence-corrected chi connectivity index (χ0v) is 9.54. The Labute approximate surface area is 103 Å². The second-order valence-electron chi connectivity index (χ2n) is 3.95. The lowest BCUT2D eigenvalue weighted by Gasteiger charge is -2.09. The van der Waals surface area contributed by atoms with Gasteiger partial charge in [-0.3, -0.25) is 14.9 Å². The number of hydrogen-bond donors (Lipinski definition) is 1. The number of alkyl halides is 3. The Kier molecular flexibility index (Phi) is 2.80. The van der Waals surface area contributed by atoms with Gasteiger partial charge in [-0.2, -0.15) is 13.2 Å². The van der Waals surface area contributed by atoms with E-state index in [1.807, 2.05) is 4.98 Å². The molecular weight excluding hydrogens is 265 g/mol. The highest BCUT2D eigenvalue weighted by atomic mass is 19.4. The number of nitrogens with zero attached hydrogens (tertiary/aromatic N) is 1. The fourth-order valence-electron chi connectivity index (χ4n) is 1.79. The van der Waals surface area contributed by atoms with E-state index >= 15 is 0 Å². The summed E-state index contributed by atoms with van der Waals surface area (Å²) in [5.74, 6) is 0. The lowest BCUT2D eigenvalue weighted by Crippen LogP contribution is -2.15. The van der Waals surface area contributed by atoms with Crippen LogP contribution in [-0.2, 0) is 6.18 Å². The van der Waals surface area contributed by atoms with Gasteiger partial charge in [0.15, 0.2) is 5.43 Å². The molecule has 0 spiro atoms. The van der Waals surface area contributed by atoms with Crippen LogP contribution in [0.3, 0.4) is 0 Å². The second kappa shape index (κ2) is 4.08. The molecule has 5 nitrogen and oxygen atoms in total. The van der Waals surface area contributed by atoms with Gasteiger partial charge in [-0.25, -0.2) is 0 Å². The molecule has 0 amide bonds. The zero-order valence-electron chi connectivity index (χ0n) is 9.54. The number of nitrogens with one attached hydrogen (secondary N) is 1. The first-order chi connectivity index (χ1) is 8.71. The van der Waals surface area contributed by atoms with E-state index in [4.69, 9.17) is 0 Å². The summed E-state index contributed by atoms with van der Waals surface area (Å²) in [4.78, 5) is 23.7. The van der Waals surface area contributed by atoms with Crippen LogP contribution in [0, 0.1) is 17.0 Å². The van der Waals surface area contributed by atoms with Gasteiger partial charge in [-0.05, 0) is 12.5 Å². The molecular formula is C11H7F3N2O3. The van der Waals surface area contributed by atoms with Crippen molar-refractivity contribution in [3.8, 4) is 0 Å². The average molecular weight is 272 g/mol. The molecule has 0 bridgehead atoms. The van der Waals surface area contributed by atoms with Crippen LogP contribution < -0.4 is 5.43 Å². The molecule has 1 aromatic heterocycles. The van der Waals surface area contributed by atoms with Crippen LogP contribution in [0.4, 0.5) is 18.9 Å². The molecule has 2 aromatic rings. The minimum absolute atomic E-state index is 0.172. The van der Waals surface area contributed by atoms with Crippen molar-refractivity contribution >= 4 is 16.6 Å². The molecule has 0 aliphatic rings. The van der Waals surface area contributed by atoms with Crippen molar-refractivity contribution in [3.63, 3.8) is 0 Å². The van der Waals surface area contributed by atoms with Gasteiger partial charge < -0.3 is 4.98 Å². The maximum absolute atomic E-state index is 12.6. The Morgan fingerprint density at radius 2 is 1.95 bits per heavy atom. The zero-order chi connectivity index (χ0) is 14.4. The molecule has 1 heterocycles. The summed E-state index contributed by atoms with van der Waals surface area (Å²) in [6, 6.07) is 2.71. The highest BCUT2D eigenvalue weighted by molar-refractivity contribution is 5.90. The van der Waals surface area contributed by atoms with Crippen molar-refractivity contribution in [2.75, 3.05) is 0 Å². The lowest BCUT2D eigenvalue weighted by molar-refractivity contribution is -0.383. The van der Waals surface area contributed by atoms with Crippen molar-refractivity contribution in [2.45, 2.75) is 13.1 Å². The number of halogens is 3. The van der Waals surface area contributed by atoms with E-state index in [-0.39, 0.29) is 10.9 Å². The predicted octanol–water partition coefficient (Wildman–Crippen LogP) is 2.76. The number of aryl methyl sites for hydroxylation is 1. The van der Waals surface area contributed by atoms with Crippen molar-refractivity contribution < 1.29 is 18.1 Å². The van der Waals surface area contributed by atoms with Crippen LogP contribution in [-0.4, -0.2) is 9.91 Å². The van der Waals surface area contributed by atoms with E-state index in [0.29, 0.717) is 11.6 Å². The van der Waals surface area contributed by atoms with Gasteiger partial charge in [-0.1, -0.05) is 6.07 Å². The van der Waals surface area contributed by atoms with Crippen LogP contribution in [0.2, 0.25) is 0 Å². The smallest absolute Gasteiger partial charge is 0.350 e. The van der Waals surface area contributed by atoms with Gasteiger partial charge >= 0.3 is 6.18 Å². The lowest BCUT2D eigenvalue weighted by atomic mass is 10.1. The fraction of sp³-hybridized carbons (Fsp3) is 0.182. The maximum Gasteiger partial charge on any atom is 0.431 e. The third kappa shape index (κ3) is 2.16. The Balaban J connectivity index is 2.95. The molecule has 1 aromatic carbocycles. The van der Waals surface area contributed by atoms with Gasteiger partial charge in [0.05, 0.1) is 10.4 Å². The number of nitro groups is 1. The molecule has 0 atom stereocenters. The first kappa shape index (κ1) is 13.1. The monoisotopic (exact) mass is 272 g/mol. The minimum atomic E-state index is -4.72. The third-order valence-electron chi connectivity index (χ3n) is 2.68. The number of benzene rings is 1. The van der Waals surface area contributed by atoms with Gasteiger partial charge in [0, 0.05) is 12.1 Å². The summed E-state index contributed by atoms with van der Waals surface area (Å²) in [7, 11) is 0. The molecule has 0 fully saturated rings. The average Bonchev–Trinajstić information content (AvgIpc) is 2.28. The van der Waals surface area contributed by atoms with Crippen molar-refractivity contribution in [3.05, 3.63) is 49.8 Å². The van der Waals surface area contributed by atoms with Crippen molar-refractivity contribution in [2.24, 2.45) is 0 Å². The molecule has 0 saturated carbocycles. The van der Waals surface area contributed by atoms with Gasteiger partial charge in [0.2, 0.25) is 0 Å². The van der Waals surface area contributed by atoms with Crippen LogP contribution >= 0.6 is 0 Å². The summed E-state index contributed by atoms with van der Waals surface area (Å²) >= 11 is 0. The highest BCUT2D eigenvalue weighted by Gasteiger charge is 2.33. The summed E-state index contributed by atoms with van der Waals surface area (Å²) in [6.07, 6.45) is -4.72. The standard InChI is InChI=1S/C11H7F3N2O3/c1-5-2-3-6(16(18)19)9-7(17)4-8(11(12,13)14)15-10(5)9/h2-4H,1H3,(H,15,17). The van der Waals surface area contributed by atoms with Gasteiger partial charge in [0.1, 0.15) is 11.1 Å². The first-order valence-electron chi connectivity index (χ1n) is 5.10. The number of aromatic amines is 1. The molecule has 100 valence electrons. The van der Waals surface area contributed by atoms with Crippen LogP contribution in [0.1, 0.15) is 11.3 Å². The van der Waals surface area contributed by atoms with Crippen molar-refractivity contribution in [1.82, 2.24) is 4.98 Å². The van der Waals surface area contributed by atoms with Crippen LogP contribution in [0.5, 0.6) is 0 Å². The number of aromatic nitrogens is 1. The van der Waals surface area contributed by atoms with Crippen LogP contribution in [0.15, 0.2) is 23.0 Å². The van der Waals surface area contributed by atoms with Gasteiger partial charge in [-0.15, -0.1) is 0 Å². The maximum atomic E-state index is 12.6.